The number of rotatable bonds is 3. The van der Waals surface area contributed by atoms with Gasteiger partial charge >= 0.3 is 0 Å². The van der Waals surface area contributed by atoms with Gasteiger partial charge in [-0.15, -0.1) is 0 Å². The second-order valence-corrected chi connectivity index (χ2v) is 5.42. The van der Waals surface area contributed by atoms with E-state index in [0.717, 1.165) is 19.5 Å². The Labute approximate surface area is 117 Å². The van der Waals surface area contributed by atoms with E-state index < -0.39 is 0 Å². The average molecular weight is 287 g/mol. The van der Waals surface area contributed by atoms with Crippen molar-refractivity contribution in [1.82, 2.24) is 4.90 Å². The number of hydrogen-bond acceptors (Lipinski definition) is 2. The van der Waals surface area contributed by atoms with Gasteiger partial charge in [-0.3, -0.25) is 4.79 Å². The Morgan fingerprint density at radius 3 is 2.61 bits per heavy atom. The zero-order valence-corrected chi connectivity index (χ0v) is 11.5. The van der Waals surface area contributed by atoms with Crippen molar-refractivity contribution in [3.63, 3.8) is 0 Å². The number of carbonyl (C=O) groups excluding carboxylic acids is 1. The highest BCUT2D eigenvalue weighted by Gasteiger charge is 2.25. The summed E-state index contributed by atoms with van der Waals surface area (Å²) in [6.07, 6.45) is 1.24. The number of likely N-dealkylation sites (tertiary alicyclic amines) is 1. The highest BCUT2D eigenvalue weighted by atomic mass is 35.5. The lowest BCUT2D eigenvalue weighted by Gasteiger charge is -2.17. The van der Waals surface area contributed by atoms with Crippen molar-refractivity contribution in [2.75, 3.05) is 19.6 Å². The maximum Gasteiger partial charge on any atom is 0.227 e. The van der Waals surface area contributed by atoms with Gasteiger partial charge in [-0.2, -0.15) is 0 Å². The molecule has 0 bridgehead atoms. The molecule has 2 N–H and O–H groups in total. The van der Waals surface area contributed by atoms with Crippen LogP contribution in [0.1, 0.15) is 12.0 Å². The van der Waals surface area contributed by atoms with Crippen molar-refractivity contribution in [2.45, 2.75) is 12.8 Å². The molecule has 1 unspecified atom stereocenters. The molecule has 18 heavy (non-hydrogen) atoms. The van der Waals surface area contributed by atoms with Gasteiger partial charge in [0.05, 0.1) is 6.42 Å². The number of amides is 1. The van der Waals surface area contributed by atoms with Crippen LogP contribution in [0.4, 0.5) is 0 Å². The van der Waals surface area contributed by atoms with E-state index in [9.17, 15) is 4.79 Å². The normalized spacial score (nSPS) is 19.3. The maximum atomic E-state index is 12.1. The summed E-state index contributed by atoms with van der Waals surface area (Å²) in [5.74, 6) is 0.497. The van der Waals surface area contributed by atoms with Gasteiger partial charge in [0.25, 0.3) is 0 Å². The molecule has 1 amide bonds. The van der Waals surface area contributed by atoms with Crippen LogP contribution in [-0.2, 0) is 11.2 Å². The molecule has 1 aromatic carbocycles. The fourth-order valence-corrected chi connectivity index (χ4v) is 2.75. The van der Waals surface area contributed by atoms with Crippen molar-refractivity contribution >= 4 is 29.1 Å². The first kappa shape index (κ1) is 13.7. The first-order valence-electron chi connectivity index (χ1n) is 6.02. The second kappa shape index (κ2) is 5.91. The molecule has 5 heteroatoms. The summed E-state index contributed by atoms with van der Waals surface area (Å²) in [5, 5.41) is 1.09. The molecule has 0 spiro atoms. The molecular weight excluding hydrogens is 271 g/mol. The fourth-order valence-electron chi connectivity index (χ4n) is 2.22. The first-order valence-corrected chi connectivity index (χ1v) is 6.78. The average Bonchev–Trinajstić information content (AvgIpc) is 2.82. The fraction of sp³-hybridized carbons (Fsp3) is 0.462. The summed E-state index contributed by atoms with van der Waals surface area (Å²) in [7, 11) is 0. The van der Waals surface area contributed by atoms with Crippen LogP contribution in [0.2, 0.25) is 10.0 Å². The molecule has 1 aromatic rings. The standard InChI is InChI=1S/C13H16Cl2N2O/c14-11-2-1-3-12(15)10(11)6-13(18)17-5-4-9(7-16)8-17/h1-3,9H,4-8,16H2. The Hall–Kier alpha value is -0.770. The predicted molar refractivity (Wildman–Crippen MR) is 73.9 cm³/mol. The molecule has 1 saturated heterocycles. The van der Waals surface area contributed by atoms with E-state index in [1.165, 1.54) is 0 Å². The molecule has 0 aromatic heterocycles. The molecule has 1 aliphatic heterocycles. The van der Waals surface area contributed by atoms with Gasteiger partial charge in [0.2, 0.25) is 5.91 Å². The molecular formula is C13H16Cl2N2O. The van der Waals surface area contributed by atoms with Gasteiger partial charge < -0.3 is 10.6 Å². The van der Waals surface area contributed by atoms with Crippen LogP contribution < -0.4 is 5.73 Å². The topological polar surface area (TPSA) is 46.3 Å². The second-order valence-electron chi connectivity index (χ2n) is 4.61. The molecule has 1 aliphatic rings. The van der Waals surface area contributed by atoms with Gasteiger partial charge in [0.1, 0.15) is 0 Å². The van der Waals surface area contributed by atoms with Crippen LogP contribution in [0, 0.1) is 5.92 Å². The molecule has 98 valence electrons. The SMILES string of the molecule is NCC1CCN(C(=O)Cc2c(Cl)cccc2Cl)C1. The van der Waals surface area contributed by atoms with Crippen molar-refractivity contribution in [3.05, 3.63) is 33.8 Å². The predicted octanol–water partition coefficient (Wildman–Crippen LogP) is 2.34. The minimum atomic E-state index is 0.0703. The summed E-state index contributed by atoms with van der Waals surface area (Å²) < 4.78 is 0. The summed E-state index contributed by atoms with van der Waals surface area (Å²) in [6.45, 7) is 2.16. The van der Waals surface area contributed by atoms with Crippen LogP contribution in [0.25, 0.3) is 0 Å². The van der Waals surface area contributed by atoms with Crippen LogP contribution in [0.5, 0.6) is 0 Å². The number of hydrogen-bond donors (Lipinski definition) is 1. The third-order valence-corrected chi connectivity index (χ3v) is 4.07. The number of carbonyl (C=O) groups is 1. The number of halogens is 2. The Morgan fingerprint density at radius 1 is 1.39 bits per heavy atom. The van der Waals surface area contributed by atoms with E-state index in [1.54, 1.807) is 18.2 Å². The molecule has 1 fully saturated rings. The number of nitrogens with zero attached hydrogens (tertiary/aromatic N) is 1. The Balaban J connectivity index is 2.04. The maximum absolute atomic E-state index is 12.1. The largest absolute Gasteiger partial charge is 0.342 e. The Morgan fingerprint density at radius 2 is 2.06 bits per heavy atom. The van der Waals surface area contributed by atoms with E-state index in [2.05, 4.69) is 0 Å². The highest BCUT2D eigenvalue weighted by molar-refractivity contribution is 6.36. The van der Waals surface area contributed by atoms with E-state index in [-0.39, 0.29) is 12.3 Å². The third kappa shape index (κ3) is 2.97. The van der Waals surface area contributed by atoms with Gasteiger partial charge in [-0.05, 0) is 36.6 Å². The molecule has 1 heterocycles. The van der Waals surface area contributed by atoms with Crippen LogP contribution in [0.15, 0.2) is 18.2 Å². The molecule has 0 aliphatic carbocycles. The van der Waals surface area contributed by atoms with Crippen LogP contribution in [0.3, 0.4) is 0 Å². The summed E-state index contributed by atoms with van der Waals surface area (Å²) in [5.41, 5.74) is 6.33. The van der Waals surface area contributed by atoms with Crippen molar-refractivity contribution in [2.24, 2.45) is 11.7 Å². The molecule has 3 nitrogen and oxygen atoms in total. The molecule has 1 atom stereocenters. The van der Waals surface area contributed by atoms with E-state index in [4.69, 9.17) is 28.9 Å². The highest BCUT2D eigenvalue weighted by Crippen LogP contribution is 2.26. The Kier molecular flexibility index (Phi) is 4.49. The Bertz CT molecular complexity index is 430. The monoisotopic (exact) mass is 286 g/mol. The van der Waals surface area contributed by atoms with E-state index >= 15 is 0 Å². The summed E-state index contributed by atoms with van der Waals surface area (Å²) in [6, 6.07) is 5.28. The zero-order valence-electron chi connectivity index (χ0n) is 10.0. The quantitative estimate of drug-likeness (QED) is 0.927. The lowest BCUT2D eigenvalue weighted by atomic mass is 10.1. The van der Waals surface area contributed by atoms with E-state index in [1.807, 2.05) is 4.90 Å². The van der Waals surface area contributed by atoms with Gasteiger partial charge in [0.15, 0.2) is 0 Å². The van der Waals surface area contributed by atoms with Crippen LogP contribution in [-0.4, -0.2) is 30.4 Å². The van der Waals surface area contributed by atoms with Crippen molar-refractivity contribution < 1.29 is 4.79 Å². The summed E-state index contributed by atoms with van der Waals surface area (Å²) >= 11 is 12.1. The lowest BCUT2D eigenvalue weighted by molar-refractivity contribution is -0.129. The number of benzene rings is 1. The molecule has 0 radical (unpaired) electrons. The van der Waals surface area contributed by atoms with Gasteiger partial charge in [-0.1, -0.05) is 29.3 Å². The smallest absolute Gasteiger partial charge is 0.227 e. The third-order valence-electron chi connectivity index (χ3n) is 3.36. The van der Waals surface area contributed by atoms with Crippen molar-refractivity contribution in [1.29, 1.82) is 0 Å². The van der Waals surface area contributed by atoms with Crippen LogP contribution >= 0.6 is 23.2 Å². The van der Waals surface area contributed by atoms with Crippen molar-refractivity contribution in [3.8, 4) is 0 Å². The first-order chi connectivity index (χ1) is 8.61. The zero-order chi connectivity index (χ0) is 13.1. The van der Waals surface area contributed by atoms with Gasteiger partial charge in [0, 0.05) is 23.1 Å². The molecule has 2 rings (SSSR count). The lowest BCUT2D eigenvalue weighted by Crippen LogP contribution is -2.31. The number of nitrogens with two attached hydrogens (primary N) is 1. The minimum absolute atomic E-state index is 0.0703. The molecule has 0 saturated carbocycles. The summed E-state index contributed by atoms with van der Waals surface area (Å²) in [4.78, 5) is 14.0. The van der Waals surface area contributed by atoms with E-state index in [0.29, 0.717) is 28.1 Å². The minimum Gasteiger partial charge on any atom is -0.342 e. The van der Waals surface area contributed by atoms with Gasteiger partial charge in [-0.25, -0.2) is 0 Å².